The van der Waals surface area contributed by atoms with Gasteiger partial charge < -0.3 is 20.4 Å². The maximum absolute atomic E-state index is 6.17. The van der Waals surface area contributed by atoms with Crippen LogP contribution in [0.25, 0.3) is 10.9 Å². The molecular weight excluding hydrogens is 250 g/mol. The number of benzene rings is 1. The van der Waals surface area contributed by atoms with Crippen molar-refractivity contribution in [2.45, 2.75) is 18.3 Å². The summed E-state index contributed by atoms with van der Waals surface area (Å²) >= 11 is 0. The average Bonchev–Trinajstić information content (AvgIpc) is 2.92. The van der Waals surface area contributed by atoms with E-state index in [1.807, 2.05) is 6.07 Å². The Morgan fingerprint density at radius 3 is 2.75 bits per heavy atom. The zero-order valence-corrected chi connectivity index (χ0v) is 12.3. The van der Waals surface area contributed by atoms with Gasteiger partial charge >= 0.3 is 0 Å². The van der Waals surface area contributed by atoms with Crippen LogP contribution >= 0.6 is 0 Å². The summed E-state index contributed by atoms with van der Waals surface area (Å²) in [7, 11) is 3.89. The maximum atomic E-state index is 6.17. The van der Waals surface area contributed by atoms with Gasteiger partial charge in [0, 0.05) is 29.1 Å². The fourth-order valence-corrected chi connectivity index (χ4v) is 3.30. The SMILES string of the molecule is COc1ccc2[nH]cc(C3(CN)CCN(C)CC3)c2c1. The third kappa shape index (κ3) is 2.09. The highest BCUT2D eigenvalue weighted by atomic mass is 16.5. The minimum absolute atomic E-state index is 0.0944. The molecule has 1 aromatic carbocycles. The number of fused-ring (bicyclic) bond motifs is 1. The molecule has 0 amide bonds. The van der Waals surface area contributed by atoms with E-state index in [9.17, 15) is 0 Å². The first-order valence-corrected chi connectivity index (χ1v) is 7.23. The monoisotopic (exact) mass is 273 g/mol. The van der Waals surface area contributed by atoms with Crippen LogP contribution in [0.2, 0.25) is 0 Å². The molecule has 1 aliphatic rings. The van der Waals surface area contributed by atoms with E-state index < -0.39 is 0 Å². The normalized spacial score (nSPS) is 19.4. The number of H-pyrrole nitrogens is 1. The molecule has 0 bridgehead atoms. The standard InChI is InChI=1S/C16H23N3O/c1-19-7-5-16(11-17,6-8-19)14-10-18-15-4-3-12(20-2)9-13(14)15/h3-4,9-10,18H,5-8,11,17H2,1-2H3. The van der Waals surface area contributed by atoms with Gasteiger partial charge in [-0.2, -0.15) is 0 Å². The quantitative estimate of drug-likeness (QED) is 0.900. The number of ether oxygens (including phenoxy) is 1. The highest BCUT2D eigenvalue weighted by molar-refractivity contribution is 5.85. The number of hydrogen-bond acceptors (Lipinski definition) is 3. The minimum atomic E-state index is 0.0944. The number of piperidine rings is 1. The first-order chi connectivity index (χ1) is 9.68. The third-order valence-electron chi connectivity index (χ3n) is 4.80. The molecule has 0 atom stereocenters. The predicted molar refractivity (Wildman–Crippen MR) is 82.3 cm³/mol. The molecule has 0 unspecified atom stereocenters. The lowest BCUT2D eigenvalue weighted by Gasteiger charge is -2.40. The molecule has 108 valence electrons. The van der Waals surface area contributed by atoms with Gasteiger partial charge in [-0.15, -0.1) is 0 Å². The molecule has 0 spiro atoms. The van der Waals surface area contributed by atoms with E-state index >= 15 is 0 Å². The van der Waals surface area contributed by atoms with Crippen molar-refractivity contribution in [1.82, 2.24) is 9.88 Å². The number of nitrogens with one attached hydrogen (secondary N) is 1. The van der Waals surface area contributed by atoms with Crippen molar-refractivity contribution in [3.63, 3.8) is 0 Å². The van der Waals surface area contributed by atoms with E-state index in [0.717, 1.165) is 37.2 Å². The molecule has 1 saturated heterocycles. The number of hydrogen-bond donors (Lipinski definition) is 2. The topological polar surface area (TPSA) is 54.3 Å². The van der Waals surface area contributed by atoms with E-state index in [1.165, 1.54) is 10.9 Å². The van der Waals surface area contributed by atoms with Gasteiger partial charge in [0.15, 0.2) is 0 Å². The molecule has 3 N–H and O–H groups in total. The Kier molecular flexibility index (Phi) is 3.44. The van der Waals surface area contributed by atoms with Crippen molar-refractivity contribution >= 4 is 10.9 Å². The fraction of sp³-hybridized carbons (Fsp3) is 0.500. The van der Waals surface area contributed by atoms with E-state index in [2.05, 4.69) is 35.3 Å². The number of rotatable bonds is 3. The first kappa shape index (κ1) is 13.5. The predicted octanol–water partition coefficient (Wildman–Crippen LogP) is 2.10. The smallest absolute Gasteiger partial charge is 0.119 e. The van der Waals surface area contributed by atoms with Crippen LogP contribution < -0.4 is 10.5 Å². The van der Waals surface area contributed by atoms with Crippen LogP contribution in [0.4, 0.5) is 0 Å². The summed E-state index contributed by atoms with van der Waals surface area (Å²) in [5.41, 5.74) is 8.78. The molecule has 2 heterocycles. The zero-order valence-electron chi connectivity index (χ0n) is 12.3. The molecule has 1 fully saturated rings. The third-order valence-corrected chi connectivity index (χ3v) is 4.80. The summed E-state index contributed by atoms with van der Waals surface area (Å²) in [5, 5.41) is 1.25. The Hall–Kier alpha value is -1.52. The lowest BCUT2D eigenvalue weighted by Crippen LogP contribution is -2.45. The molecular formula is C16H23N3O. The van der Waals surface area contributed by atoms with Crippen LogP contribution in [0, 0.1) is 0 Å². The maximum Gasteiger partial charge on any atom is 0.119 e. The average molecular weight is 273 g/mol. The Bertz CT molecular complexity index is 597. The molecule has 20 heavy (non-hydrogen) atoms. The highest BCUT2D eigenvalue weighted by Crippen LogP contribution is 2.39. The van der Waals surface area contributed by atoms with Gasteiger partial charge in [0.2, 0.25) is 0 Å². The number of aromatic nitrogens is 1. The lowest BCUT2D eigenvalue weighted by atomic mass is 9.73. The van der Waals surface area contributed by atoms with Gasteiger partial charge in [-0.1, -0.05) is 0 Å². The number of nitrogens with zero attached hydrogens (tertiary/aromatic N) is 1. The van der Waals surface area contributed by atoms with Crippen LogP contribution in [-0.4, -0.2) is 43.7 Å². The van der Waals surface area contributed by atoms with Crippen molar-refractivity contribution in [3.8, 4) is 5.75 Å². The number of nitrogens with two attached hydrogens (primary N) is 1. The highest BCUT2D eigenvalue weighted by Gasteiger charge is 2.36. The van der Waals surface area contributed by atoms with Gasteiger partial charge in [-0.3, -0.25) is 0 Å². The molecule has 2 aromatic rings. The molecule has 0 saturated carbocycles. The van der Waals surface area contributed by atoms with Crippen LogP contribution in [0.15, 0.2) is 24.4 Å². The van der Waals surface area contributed by atoms with Gasteiger partial charge in [0.1, 0.15) is 5.75 Å². The second-order valence-corrected chi connectivity index (χ2v) is 5.90. The van der Waals surface area contributed by atoms with E-state index in [-0.39, 0.29) is 5.41 Å². The number of methoxy groups -OCH3 is 1. The van der Waals surface area contributed by atoms with E-state index in [0.29, 0.717) is 6.54 Å². The van der Waals surface area contributed by atoms with Crippen molar-refractivity contribution in [2.75, 3.05) is 33.8 Å². The number of aromatic amines is 1. The molecule has 1 aromatic heterocycles. The summed E-state index contributed by atoms with van der Waals surface area (Å²) in [6, 6.07) is 6.19. The summed E-state index contributed by atoms with van der Waals surface area (Å²) < 4.78 is 5.36. The van der Waals surface area contributed by atoms with Crippen LogP contribution in [0.5, 0.6) is 5.75 Å². The second-order valence-electron chi connectivity index (χ2n) is 5.90. The largest absolute Gasteiger partial charge is 0.497 e. The second kappa shape index (κ2) is 5.11. The number of likely N-dealkylation sites (tertiary alicyclic amines) is 1. The van der Waals surface area contributed by atoms with Gasteiger partial charge in [0.05, 0.1) is 7.11 Å². The van der Waals surface area contributed by atoms with Gasteiger partial charge in [0.25, 0.3) is 0 Å². The summed E-state index contributed by atoms with van der Waals surface area (Å²) in [4.78, 5) is 5.76. The zero-order chi connectivity index (χ0) is 14.2. The molecule has 0 aliphatic carbocycles. The molecule has 0 radical (unpaired) electrons. The Morgan fingerprint density at radius 2 is 2.10 bits per heavy atom. The molecule has 4 nitrogen and oxygen atoms in total. The van der Waals surface area contributed by atoms with Crippen LogP contribution in [0.1, 0.15) is 18.4 Å². The molecule has 1 aliphatic heterocycles. The van der Waals surface area contributed by atoms with Crippen molar-refractivity contribution < 1.29 is 4.74 Å². The fourth-order valence-electron chi connectivity index (χ4n) is 3.30. The van der Waals surface area contributed by atoms with Gasteiger partial charge in [-0.05, 0) is 56.7 Å². The molecule has 3 rings (SSSR count). The van der Waals surface area contributed by atoms with Crippen LogP contribution in [0.3, 0.4) is 0 Å². The summed E-state index contributed by atoms with van der Waals surface area (Å²) in [6.45, 7) is 2.91. The van der Waals surface area contributed by atoms with Crippen molar-refractivity contribution in [3.05, 3.63) is 30.0 Å². The van der Waals surface area contributed by atoms with Crippen molar-refractivity contribution in [1.29, 1.82) is 0 Å². The van der Waals surface area contributed by atoms with Gasteiger partial charge in [-0.25, -0.2) is 0 Å². The Morgan fingerprint density at radius 1 is 1.35 bits per heavy atom. The molecule has 4 heteroatoms. The summed E-state index contributed by atoms with van der Waals surface area (Å²) in [5.74, 6) is 0.901. The van der Waals surface area contributed by atoms with E-state index in [4.69, 9.17) is 10.5 Å². The first-order valence-electron chi connectivity index (χ1n) is 7.23. The lowest BCUT2D eigenvalue weighted by molar-refractivity contribution is 0.193. The van der Waals surface area contributed by atoms with Crippen LogP contribution in [-0.2, 0) is 5.41 Å². The van der Waals surface area contributed by atoms with E-state index in [1.54, 1.807) is 7.11 Å². The Balaban J connectivity index is 2.07. The van der Waals surface area contributed by atoms with Crippen molar-refractivity contribution in [2.24, 2.45) is 5.73 Å². The Labute approximate surface area is 119 Å². The minimum Gasteiger partial charge on any atom is -0.497 e. The summed E-state index contributed by atoms with van der Waals surface area (Å²) in [6.07, 6.45) is 4.37.